The normalized spacial score (nSPS) is 36.3. The van der Waals surface area contributed by atoms with E-state index in [4.69, 9.17) is 4.74 Å². The van der Waals surface area contributed by atoms with E-state index in [9.17, 15) is 19.5 Å². The molecule has 7 atom stereocenters. The smallest absolute Gasteiger partial charge is 0.245 e. The summed E-state index contributed by atoms with van der Waals surface area (Å²) >= 11 is 0. The zero-order chi connectivity index (χ0) is 23.7. The largest absolute Gasteiger partial charge is 0.394 e. The molecule has 182 valence electrons. The second-order valence-electron chi connectivity index (χ2n) is 9.98. The van der Waals surface area contributed by atoms with Crippen molar-refractivity contribution >= 4 is 17.7 Å². The van der Waals surface area contributed by atoms with Crippen LogP contribution in [0.5, 0.6) is 0 Å². The minimum absolute atomic E-state index is 0.0217. The van der Waals surface area contributed by atoms with E-state index in [1.807, 2.05) is 27.7 Å². The van der Waals surface area contributed by atoms with Gasteiger partial charge in [0.05, 0.1) is 30.1 Å². The lowest BCUT2D eigenvalue weighted by Gasteiger charge is -2.36. The van der Waals surface area contributed by atoms with Crippen molar-refractivity contribution in [2.75, 3.05) is 19.7 Å². The standard InChI is InChI=1S/C24H41N3O5/c1-6-9-10-12-26-21(30)19-24-13-15(4)23(5,32-24)17(20(29)25-11-7-2)18(24)22(31)27(19)16(8-3)14-28/h15-19,28H,6-14H2,1-5H3,(H,25,29)(H,26,30)/t15?,16-,17+,18-,19?,23-,24?/m0/s1. The molecule has 8 nitrogen and oxygen atoms in total. The number of nitrogens with zero attached hydrogens (tertiary/aromatic N) is 1. The third kappa shape index (κ3) is 3.73. The molecule has 3 aliphatic heterocycles. The Morgan fingerprint density at radius 1 is 1.16 bits per heavy atom. The van der Waals surface area contributed by atoms with Gasteiger partial charge in [-0.1, -0.05) is 40.5 Å². The Morgan fingerprint density at radius 3 is 2.44 bits per heavy atom. The zero-order valence-electron chi connectivity index (χ0n) is 20.3. The predicted octanol–water partition coefficient (Wildman–Crippen LogP) is 1.60. The van der Waals surface area contributed by atoms with Gasteiger partial charge in [0.15, 0.2) is 0 Å². The van der Waals surface area contributed by atoms with Crippen LogP contribution in [0.3, 0.4) is 0 Å². The Labute approximate surface area is 191 Å². The topological polar surface area (TPSA) is 108 Å². The summed E-state index contributed by atoms with van der Waals surface area (Å²) in [5, 5.41) is 16.0. The molecule has 3 amide bonds. The number of hydrogen-bond donors (Lipinski definition) is 3. The molecular formula is C24H41N3O5. The van der Waals surface area contributed by atoms with E-state index in [0.29, 0.717) is 25.9 Å². The van der Waals surface area contributed by atoms with Gasteiger partial charge in [-0.05, 0) is 38.5 Å². The van der Waals surface area contributed by atoms with Crippen LogP contribution < -0.4 is 10.6 Å². The van der Waals surface area contributed by atoms with Crippen molar-refractivity contribution in [3.8, 4) is 0 Å². The van der Waals surface area contributed by atoms with E-state index >= 15 is 0 Å². The van der Waals surface area contributed by atoms with E-state index in [0.717, 1.165) is 25.7 Å². The van der Waals surface area contributed by atoms with Crippen molar-refractivity contribution < 1.29 is 24.2 Å². The van der Waals surface area contributed by atoms with Crippen LogP contribution in [0.4, 0.5) is 0 Å². The molecular weight excluding hydrogens is 410 g/mol. The number of hydrogen-bond acceptors (Lipinski definition) is 5. The van der Waals surface area contributed by atoms with Crippen LogP contribution in [-0.4, -0.2) is 70.7 Å². The summed E-state index contributed by atoms with van der Waals surface area (Å²) in [5.74, 6) is -2.01. The lowest BCUT2D eigenvalue weighted by Crippen LogP contribution is -2.58. The molecule has 2 bridgehead atoms. The molecule has 0 aromatic heterocycles. The van der Waals surface area contributed by atoms with Gasteiger partial charge in [0.2, 0.25) is 17.7 Å². The molecule has 1 spiro atoms. The van der Waals surface area contributed by atoms with E-state index in [1.54, 1.807) is 0 Å². The molecule has 32 heavy (non-hydrogen) atoms. The lowest BCUT2D eigenvalue weighted by atomic mass is 9.62. The molecule has 3 unspecified atom stereocenters. The van der Waals surface area contributed by atoms with E-state index in [2.05, 4.69) is 17.6 Å². The Morgan fingerprint density at radius 2 is 1.84 bits per heavy atom. The van der Waals surface area contributed by atoms with Crippen molar-refractivity contribution in [2.45, 2.75) is 96.4 Å². The van der Waals surface area contributed by atoms with Crippen molar-refractivity contribution in [3.63, 3.8) is 0 Å². The maximum Gasteiger partial charge on any atom is 0.245 e. The van der Waals surface area contributed by atoms with E-state index < -0.39 is 35.1 Å². The Balaban J connectivity index is 2.01. The molecule has 8 heteroatoms. The fourth-order valence-corrected chi connectivity index (χ4v) is 6.22. The number of aliphatic hydroxyl groups excluding tert-OH is 1. The first kappa shape index (κ1) is 25.0. The second-order valence-corrected chi connectivity index (χ2v) is 9.98. The molecule has 0 aromatic rings. The van der Waals surface area contributed by atoms with Gasteiger partial charge < -0.3 is 25.4 Å². The van der Waals surface area contributed by atoms with Gasteiger partial charge >= 0.3 is 0 Å². The van der Waals surface area contributed by atoms with Crippen LogP contribution in [0.1, 0.15) is 73.1 Å². The summed E-state index contributed by atoms with van der Waals surface area (Å²) in [7, 11) is 0. The number of amides is 3. The first-order chi connectivity index (χ1) is 15.2. The average molecular weight is 452 g/mol. The number of carbonyl (C=O) groups excluding carboxylic acids is 3. The summed E-state index contributed by atoms with van der Waals surface area (Å²) in [6.07, 6.45) is 4.79. The van der Waals surface area contributed by atoms with E-state index in [-0.39, 0.29) is 30.2 Å². The number of rotatable bonds is 11. The Hall–Kier alpha value is -1.67. The molecule has 3 fully saturated rings. The summed E-state index contributed by atoms with van der Waals surface area (Å²) in [5.41, 5.74) is -1.84. The molecule has 0 aromatic carbocycles. The van der Waals surface area contributed by atoms with Crippen LogP contribution in [0.15, 0.2) is 0 Å². The fourth-order valence-electron chi connectivity index (χ4n) is 6.22. The van der Waals surface area contributed by atoms with Crippen molar-refractivity contribution in [3.05, 3.63) is 0 Å². The number of likely N-dealkylation sites (tertiary alicyclic amines) is 1. The van der Waals surface area contributed by atoms with Crippen LogP contribution >= 0.6 is 0 Å². The monoisotopic (exact) mass is 451 g/mol. The fraction of sp³-hybridized carbons (Fsp3) is 0.875. The average Bonchev–Trinajstić information content (AvgIpc) is 3.28. The van der Waals surface area contributed by atoms with Gasteiger partial charge in [-0.2, -0.15) is 0 Å². The van der Waals surface area contributed by atoms with Crippen molar-refractivity contribution in [1.82, 2.24) is 15.5 Å². The molecule has 3 saturated heterocycles. The second kappa shape index (κ2) is 9.67. The predicted molar refractivity (Wildman–Crippen MR) is 121 cm³/mol. The first-order valence-corrected chi connectivity index (χ1v) is 12.4. The van der Waals surface area contributed by atoms with Gasteiger partial charge in [0, 0.05) is 13.1 Å². The van der Waals surface area contributed by atoms with Crippen molar-refractivity contribution in [1.29, 1.82) is 0 Å². The van der Waals surface area contributed by atoms with Crippen LogP contribution in [0, 0.1) is 17.8 Å². The number of nitrogens with one attached hydrogen (secondary N) is 2. The first-order valence-electron chi connectivity index (χ1n) is 12.4. The van der Waals surface area contributed by atoms with E-state index in [1.165, 1.54) is 4.90 Å². The van der Waals surface area contributed by atoms with Gasteiger partial charge in [-0.25, -0.2) is 0 Å². The molecule has 3 heterocycles. The quantitative estimate of drug-likeness (QED) is 0.414. The highest BCUT2D eigenvalue weighted by atomic mass is 16.5. The van der Waals surface area contributed by atoms with Crippen LogP contribution in [-0.2, 0) is 19.1 Å². The molecule has 0 radical (unpaired) electrons. The zero-order valence-corrected chi connectivity index (χ0v) is 20.3. The third-order valence-electron chi connectivity index (χ3n) is 7.99. The number of fused-ring (bicyclic) bond motifs is 1. The number of ether oxygens (including phenoxy) is 1. The van der Waals surface area contributed by atoms with Crippen LogP contribution in [0.2, 0.25) is 0 Å². The SMILES string of the molecule is CCCCCNC(=O)C1N([C@@H](CC)CO)C(=O)[C@@H]2[C@H](C(=O)NCCC)[C@@]3(C)OC12CC3C. The van der Waals surface area contributed by atoms with Gasteiger partial charge in [0.1, 0.15) is 11.6 Å². The highest BCUT2D eigenvalue weighted by molar-refractivity contribution is 5.99. The molecule has 3 aliphatic rings. The summed E-state index contributed by atoms with van der Waals surface area (Å²) in [6.45, 7) is 10.8. The van der Waals surface area contributed by atoms with Crippen molar-refractivity contribution in [2.24, 2.45) is 17.8 Å². The highest BCUT2D eigenvalue weighted by Crippen LogP contribution is 2.65. The Kier molecular flexibility index (Phi) is 7.55. The number of unbranched alkanes of at least 4 members (excludes halogenated alkanes) is 2. The third-order valence-corrected chi connectivity index (χ3v) is 7.99. The van der Waals surface area contributed by atoms with Gasteiger partial charge in [0.25, 0.3) is 0 Å². The number of aliphatic hydroxyl groups is 1. The molecule has 3 rings (SSSR count). The summed E-state index contributed by atoms with van der Waals surface area (Å²) in [4.78, 5) is 42.1. The minimum Gasteiger partial charge on any atom is -0.394 e. The number of carbonyl (C=O) groups is 3. The molecule has 0 aliphatic carbocycles. The summed E-state index contributed by atoms with van der Waals surface area (Å²) < 4.78 is 6.63. The van der Waals surface area contributed by atoms with Gasteiger partial charge in [-0.15, -0.1) is 0 Å². The lowest BCUT2D eigenvalue weighted by molar-refractivity contribution is -0.151. The van der Waals surface area contributed by atoms with Gasteiger partial charge in [-0.3, -0.25) is 14.4 Å². The van der Waals surface area contributed by atoms with Crippen LogP contribution in [0.25, 0.3) is 0 Å². The Bertz CT molecular complexity index is 726. The maximum absolute atomic E-state index is 13.8. The molecule has 3 N–H and O–H groups in total. The minimum atomic E-state index is -1.04. The highest BCUT2D eigenvalue weighted by Gasteiger charge is 2.80. The summed E-state index contributed by atoms with van der Waals surface area (Å²) in [6, 6.07) is -1.33. The maximum atomic E-state index is 13.8. The molecule has 0 saturated carbocycles.